The normalized spacial score (nSPS) is 15.9. The third-order valence-electron chi connectivity index (χ3n) is 4.98. The molecule has 0 aliphatic carbocycles. The van der Waals surface area contributed by atoms with Gasteiger partial charge in [-0.1, -0.05) is 40.2 Å². The zero-order valence-electron chi connectivity index (χ0n) is 15.7. The molecule has 30 heavy (non-hydrogen) atoms. The van der Waals surface area contributed by atoms with E-state index in [0.29, 0.717) is 22.4 Å². The Kier molecular flexibility index (Phi) is 5.63. The molecule has 4 nitrogen and oxygen atoms in total. The molecule has 7 heteroatoms. The minimum atomic E-state index is -0.593. The van der Waals surface area contributed by atoms with Crippen LogP contribution < -0.4 is 5.32 Å². The molecule has 1 aliphatic rings. The van der Waals surface area contributed by atoms with Crippen LogP contribution in [0.4, 0.5) is 14.5 Å². The Hall–Kier alpha value is -3.06. The third kappa shape index (κ3) is 4.26. The maximum atomic E-state index is 13.5. The monoisotopic (exact) mass is 470 g/mol. The van der Waals surface area contributed by atoms with Gasteiger partial charge in [0.05, 0.1) is 12.5 Å². The lowest BCUT2D eigenvalue weighted by molar-refractivity contribution is -0.135. The average molecular weight is 471 g/mol. The SMILES string of the molecule is O=C1CN(C(=O)Cc2ccc(F)cc2)[C@@H](c2ccc(F)cc2)c2cc(Br)ccc2N1. The van der Waals surface area contributed by atoms with Crippen molar-refractivity contribution in [3.8, 4) is 0 Å². The molecule has 0 fully saturated rings. The lowest BCUT2D eigenvalue weighted by Crippen LogP contribution is -2.39. The summed E-state index contributed by atoms with van der Waals surface area (Å²) in [5.41, 5.74) is 2.63. The molecule has 3 aromatic rings. The number of rotatable bonds is 3. The number of carbonyl (C=O) groups excluding carboxylic acids is 2. The first-order valence-electron chi connectivity index (χ1n) is 9.29. The van der Waals surface area contributed by atoms with Crippen molar-refractivity contribution < 1.29 is 18.4 Å². The molecular weight excluding hydrogens is 454 g/mol. The fraction of sp³-hybridized carbons (Fsp3) is 0.130. The highest BCUT2D eigenvalue weighted by atomic mass is 79.9. The molecule has 1 atom stereocenters. The molecule has 3 aromatic carbocycles. The molecule has 1 heterocycles. The Morgan fingerprint density at radius 2 is 1.63 bits per heavy atom. The molecule has 0 radical (unpaired) electrons. The zero-order chi connectivity index (χ0) is 21.3. The lowest BCUT2D eigenvalue weighted by Gasteiger charge is -2.31. The van der Waals surface area contributed by atoms with Crippen LogP contribution in [0.15, 0.2) is 71.2 Å². The van der Waals surface area contributed by atoms with Gasteiger partial charge in [0, 0.05) is 15.7 Å². The van der Waals surface area contributed by atoms with E-state index in [1.807, 2.05) is 6.07 Å². The van der Waals surface area contributed by atoms with Gasteiger partial charge in [-0.2, -0.15) is 0 Å². The fourth-order valence-corrected chi connectivity index (χ4v) is 3.97. The Bertz CT molecular complexity index is 1100. The van der Waals surface area contributed by atoms with Crippen molar-refractivity contribution in [2.45, 2.75) is 12.5 Å². The Labute approximate surface area is 180 Å². The first-order chi connectivity index (χ1) is 14.4. The van der Waals surface area contributed by atoms with E-state index in [0.717, 1.165) is 4.47 Å². The first kappa shape index (κ1) is 20.2. The van der Waals surface area contributed by atoms with Gasteiger partial charge in [-0.3, -0.25) is 9.59 Å². The molecule has 0 saturated heterocycles. The summed E-state index contributed by atoms with van der Waals surface area (Å²) in [6.07, 6.45) is 0.00852. The highest BCUT2D eigenvalue weighted by Gasteiger charge is 2.33. The summed E-state index contributed by atoms with van der Waals surface area (Å²) in [5, 5.41) is 2.84. The van der Waals surface area contributed by atoms with Crippen molar-refractivity contribution in [3.63, 3.8) is 0 Å². The summed E-state index contributed by atoms with van der Waals surface area (Å²) in [6.45, 7) is -0.158. The Morgan fingerprint density at radius 1 is 1.00 bits per heavy atom. The van der Waals surface area contributed by atoms with Crippen LogP contribution in [0.5, 0.6) is 0 Å². The fourth-order valence-electron chi connectivity index (χ4n) is 3.59. The van der Waals surface area contributed by atoms with Gasteiger partial charge in [0.25, 0.3) is 0 Å². The van der Waals surface area contributed by atoms with E-state index in [4.69, 9.17) is 0 Å². The number of hydrogen-bond donors (Lipinski definition) is 1. The van der Waals surface area contributed by atoms with Crippen molar-refractivity contribution in [3.05, 3.63) is 99.5 Å². The number of hydrogen-bond acceptors (Lipinski definition) is 2. The summed E-state index contributed by atoms with van der Waals surface area (Å²) in [7, 11) is 0. The summed E-state index contributed by atoms with van der Waals surface area (Å²) in [6, 6.07) is 16.4. The molecule has 0 bridgehead atoms. The molecule has 4 rings (SSSR count). The van der Waals surface area contributed by atoms with Gasteiger partial charge >= 0.3 is 0 Å². The van der Waals surface area contributed by atoms with Crippen LogP contribution in [0, 0.1) is 11.6 Å². The van der Waals surface area contributed by atoms with Crippen LogP contribution in [0.25, 0.3) is 0 Å². The summed E-state index contributed by atoms with van der Waals surface area (Å²) in [5.74, 6) is -1.39. The molecule has 1 N–H and O–H groups in total. The van der Waals surface area contributed by atoms with Crippen LogP contribution in [0.3, 0.4) is 0 Å². The molecule has 0 unspecified atom stereocenters. The number of nitrogens with zero attached hydrogens (tertiary/aromatic N) is 1. The summed E-state index contributed by atoms with van der Waals surface area (Å²) < 4.78 is 27.6. The van der Waals surface area contributed by atoms with Gasteiger partial charge < -0.3 is 10.2 Å². The average Bonchev–Trinajstić information content (AvgIpc) is 2.86. The second-order valence-electron chi connectivity index (χ2n) is 7.06. The topological polar surface area (TPSA) is 49.4 Å². The first-order valence-corrected chi connectivity index (χ1v) is 10.1. The van der Waals surface area contributed by atoms with Crippen LogP contribution in [-0.2, 0) is 16.0 Å². The van der Waals surface area contributed by atoms with Crippen molar-refractivity contribution in [2.24, 2.45) is 0 Å². The van der Waals surface area contributed by atoms with Gasteiger partial charge in [-0.15, -0.1) is 0 Å². The Morgan fingerprint density at radius 3 is 2.30 bits per heavy atom. The number of fused-ring (bicyclic) bond motifs is 1. The number of nitrogens with one attached hydrogen (secondary N) is 1. The van der Waals surface area contributed by atoms with E-state index >= 15 is 0 Å². The van der Waals surface area contributed by atoms with Crippen LogP contribution >= 0.6 is 15.9 Å². The maximum absolute atomic E-state index is 13.5. The summed E-state index contributed by atoms with van der Waals surface area (Å²) in [4.78, 5) is 27.3. The standard InChI is InChI=1S/C23H17BrF2N2O2/c24-16-5-10-20-19(12-16)23(15-3-8-18(26)9-4-15)28(13-21(29)27-20)22(30)11-14-1-6-17(25)7-2-14/h1-10,12,23H,11,13H2,(H,27,29)/t23-/m0/s1. The minimum Gasteiger partial charge on any atom is -0.324 e. The van der Waals surface area contributed by atoms with Crippen molar-refractivity contribution in [1.29, 1.82) is 0 Å². The van der Waals surface area contributed by atoms with E-state index in [1.54, 1.807) is 36.4 Å². The number of amides is 2. The number of benzene rings is 3. The predicted molar refractivity (Wildman–Crippen MR) is 113 cm³/mol. The molecule has 152 valence electrons. The van der Waals surface area contributed by atoms with Crippen LogP contribution in [-0.4, -0.2) is 23.3 Å². The summed E-state index contributed by atoms with van der Waals surface area (Å²) >= 11 is 3.45. The predicted octanol–water partition coefficient (Wildman–Crippen LogP) is 4.84. The van der Waals surface area contributed by atoms with Crippen LogP contribution in [0.1, 0.15) is 22.7 Å². The van der Waals surface area contributed by atoms with Gasteiger partial charge in [0.2, 0.25) is 11.8 Å². The quantitative estimate of drug-likeness (QED) is 0.595. The second-order valence-corrected chi connectivity index (χ2v) is 7.97. The zero-order valence-corrected chi connectivity index (χ0v) is 17.3. The maximum Gasteiger partial charge on any atom is 0.244 e. The highest BCUT2D eigenvalue weighted by Crippen LogP contribution is 2.37. The largest absolute Gasteiger partial charge is 0.324 e. The minimum absolute atomic E-state index is 0.00852. The van der Waals surface area contributed by atoms with E-state index < -0.39 is 6.04 Å². The number of anilines is 1. The number of halogens is 3. The lowest BCUT2D eigenvalue weighted by atomic mass is 9.95. The molecular formula is C23H17BrF2N2O2. The molecule has 2 amide bonds. The molecule has 0 aromatic heterocycles. The van der Waals surface area contributed by atoms with E-state index in [-0.39, 0.29) is 36.4 Å². The van der Waals surface area contributed by atoms with E-state index in [2.05, 4.69) is 21.2 Å². The van der Waals surface area contributed by atoms with Gasteiger partial charge in [-0.05, 0) is 53.6 Å². The molecule has 0 spiro atoms. The van der Waals surface area contributed by atoms with E-state index in [1.165, 1.54) is 29.2 Å². The highest BCUT2D eigenvalue weighted by molar-refractivity contribution is 9.10. The Balaban J connectivity index is 1.79. The third-order valence-corrected chi connectivity index (χ3v) is 5.48. The van der Waals surface area contributed by atoms with Crippen molar-refractivity contribution in [1.82, 2.24) is 4.90 Å². The van der Waals surface area contributed by atoms with Gasteiger partial charge in [0.15, 0.2) is 0 Å². The van der Waals surface area contributed by atoms with Gasteiger partial charge in [0.1, 0.15) is 18.2 Å². The molecule has 0 saturated carbocycles. The van der Waals surface area contributed by atoms with Crippen molar-refractivity contribution in [2.75, 3.05) is 11.9 Å². The van der Waals surface area contributed by atoms with Crippen LogP contribution in [0.2, 0.25) is 0 Å². The number of carbonyl (C=O) groups is 2. The van der Waals surface area contributed by atoms with Gasteiger partial charge in [-0.25, -0.2) is 8.78 Å². The molecule has 1 aliphatic heterocycles. The van der Waals surface area contributed by atoms with Crippen molar-refractivity contribution >= 4 is 33.4 Å². The second kappa shape index (κ2) is 8.36. The van der Waals surface area contributed by atoms with E-state index in [9.17, 15) is 18.4 Å². The smallest absolute Gasteiger partial charge is 0.244 e.